The molecule has 1 aromatic heterocycles. The molecule has 1 saturated heterocycles. The van der Waals surface area contributed by atoms with Gasteiger partial charge < -0.3 is 9.88 Å². The molecule has 1 aliphatic rings. The van der Waals surface area contributed by atoms with Crippen molar-refractivity contribution in [1.82, 2.24) is 14.9 Å². The second-order valence-electron chi connectivity index (χ2n) is 5.35. The van der Waals surface area contributed by atoms with Crippen molar-refractivity contribution in [1.29, 1.82) is 0 Å². The summed E-state index contributed by atoms with van der Waals surface area (Å²) in [6.45, 7) is 3.37. The van der Waals surface area contributed by atoms with Crippen molar-refractivity contribution in [2.75, 3.05) is 6.54 Å². The lowest BCUT2D eigenvalue weighted by atomic mass is 9.91. The molecular weight excluding hydrogens is 222 g/mol. The first kappa shape index (κ1) is 11.7. The Morgan fingerprint density at radius 3 is 2.89 bits per heavy atom. The Morgan fingerprint density at radius 1 is 1.39 bits per heavy atom. The van der Waals surface area contributed by atoms with Crippen LogP contribution in [0.1, 0.15) is 38.4 Å². The minimum absolute atomic E-state index is 0.0997. The van der Waals surface area contributed by atoms with Crippen molar-refractivity contribution in [2.45, 2.75) is 38.1 Å². The number of aryl methyl sites for hydroxylation is 1. The zero-order valence-corrected chi connectivity index (χ0v) is 11.2. The van der Waals surface area contributed by atoms with E-state index < -0.39 is 0 Å². The van der Waals surface area contributed by atoms with E-state index in [-0.39, 0.29) is 5.54 Å². The Hall–Kier alpha value is -1.35. The molecule has 1 atom stereocenters. The van der Waals surface area contributed by atoms with Crippen LogP contribution in [0.3, 0.4) is 0 Å². The van der Waals surface area contributed by atoms with Crippen molar-refractivity contribution in [2.24, 2.45) is 7.05 Å². The zero-order valence-electron chi connectivity index (χ0n) is 11.2. The van der Waals surface area contributed by atoms with Gasteiger partial charge in [-0.25, -0.2) is 4.98 Å². The average molecular weight is 243 g/mol. The van der Waals surface area contributed by atoms with Crippen LogP contribution in [-0.2, 0) is 12.6 Å². The highest BCUT2D eigenvalue weighted by molar-refractivity contribution is 5.76. The summed E-state index contributed by atoms with van der Waals surface area (Å²) in [5.74, 6) is 1.21. The first-order chi connectivity index (χ1) is 8.77. The highest BCUT2D eigenvalue weighted by Crippen LogP contribution is 2.35. The molecule has 0 aliphatic carbocycles. The fraction of sp³-hybridized carbons (Fsp3) is 0.533. The van der Waals surface area contributed by atoms with Crippen LogP contribution in [-0.4, -0.2) is 16.1 Å². The van der Waals surface area contributed by atoms with Crippen LogP contribution in [0, 0.1) is 0 Å². The lowest BCUT2D eigenvalue weighted by Gasteiger charge is -2.28. The van der Waals surface area contributed by atoms with Gasteiger partial charge in [-0.2, -0.15) is 0 Å². The molecule has 2 aromatic rings. The molecule has 3 rings (SSSR count). The van der Waals surface area contributed by atoms with Gasteiger partial charge in [0.15, 0.2) is 0 Å². The number of benzene rings is 1. The molecule has 18 heavy (non-hydrogen) atoms. The van der Waals surface area contributed by atoms with Gasteiger partial charge in [-0.3, -0.25) is 0 Å². The highest BCUT2D eigenvalue weighted by atomic mass is 15.1. The van der Waals surface area contributed by atoms with Gasteiger partial charge in [-0.05, 0) is 37.9 Å². The highest BCUT2D eigenvalue weighted by Gasteiger charge is 2.38. The first-order valence-corrected chi connectivity index (χ1v) is 6.94. The van der Waals surface area contributed by atoms with Crippen molar-refractivity contribution < 1.29 is 0 Å². The van der Waals surface area contributed by atoms with Crippen LogP contribution in [0.5, 0.6) is 0 Å². The van der Waals surface area contributed by atoms with Crippen LogP contribution < -0.4 is 5.32 Å². The molecule has 1 unspecified atom stereocenters. The van der Waals surface area contributed by atoms with E-state index in [1.165, 1.54) is 37.0 Å². The van der Waals surface area contributed by atoms with E-state index in [0.717, 1.165) is 12.1 Å². The minimum Gasteiger partial charge on any atom is -0.330 e. The van der Waals surface area contributed by atoms with E-state index in [0.29, 0.717) is 0 Å². The molecule has 0 amide bonds. The van der Waals surface area contributed by atoms with E-state index in [9.17, 15) is 0 Å². The third-order valence-corrected chi connectivity index (χ3v) is 4.14. The number of hydrogen-bond donors (Lipinski definition) is 1. The number of hydrogen-bond acceptors (Lipinski definition) is 2. The zero-order chi connectivity index (χ0) is 12.6. The van der Waals surface area contributed by atoms with Gasteiger partial charge >= 0.3 is 0 Å². The summed E-state index contributed by atoms with van der Waals surface area (Å²) in [6.07, 6.45) is 4.82. The topological polar surface area (TPSA) is 29.9 Å². The van der Waals surface area contributed by atoms with E-state index >= 15 is 0 Å². The molecule has 96 valence electrons. The van der Waals surface area contributed by atoms with E-state index in [2.05, 4.69) is 48.1 Å². The monoisotopic (exact) mass is 243 g/mol. The molecule has 0 saturated carbocycles. The number of aromatic nitrogens is 2. The maximum absolute atomic E-state index is 4.89. The van der Waals surface area contributed by atoms with E-state index in [4.69, 9.17) is 4.98 Å². The fourth-order valence-electron chi connectivity index (χ4n) is 3.32. The van der Waals surface area contributed by atoms with Crippen molar-refractivity contribution >= 4 is 11.0 Å². The predicted molar refractivity (Wildman–Crippen MR) is 74.5 cm³/mol. The summed E-state index contributed by atoms with van der Waals surface area (Å²) in [6, 6.07) is 8.41. The molecule has 3 heteroatoms. The van der Waals surface area contributed by atoms with Crippen LogP contribution >= 0.6 is 0 Å². The summed E-state index contributed by atoms with van der Waals surface area (Å²) >= 11 is 0. The van der Waals surface area contributed by atoms with Crippen LogP contribution in [0.25, 0.3) is 11.0 Å². The molecular formula is C15H21N3. The Kier molecular flexibility index (Phi) is 2.86. The normalized spacial score (nSPS) is 23.9. The van der Waals surface area contributed by atoms with Gasteiger partial charge in [0.05, 0.1) is 16.6 Å². The van der Waals surface area contributed by atoms with E-state index in [1.807, 2.05) is 0 Å². The fourth-order valence-corrected chi connectivity index (χ4v) is 3.32. The second-order valence-corrected chi connectivity index (χ2v) is 5.35. The molecule has 1 fully saturated rings. The standard InChI is InChI=1S/C15H21N3/c1-3-9-15(10-6-11-16-15)14-17-12-7-4-5-8-13(12)18(14)2/h4-5,7-8,16H,3,6,9-11H2,1-2H3. The lowest BCUT2D eigenvalue weighted by Crippen LogP contribution is -2.39. The van der Waals surface area contributed by atoms with Gasteiger partial charge in [0, 0.05) is 7.05 Å². The SMILES string of the molecule is CCCC1(c2nc3ccccc3n2C)CCCN1. The number of fused-ring (bicyclic) bond motifs is 1. The summed E-state index contributed by atoms with van der Waals surface area (Å²) in [4.78, 5) is 4.89. The first-order valence-electron chi connectivity index (χ1n) is 6.94. The minimum atomic E-state index is 0.0997. The van der Waals surface area contributed by atoms with Gasteiger partial charge in [0.1, 0.15) is 5.82 Å². The molecule has 0 radical (unpaired) electrons. The number of nitrogens with zero attached hydrogens (tertiary/aromatic N) is 2. The summed E-state index contributed by atoms with van der Waals surface area (Å²) < 4.78 is 2.27. The Labute approximate surface area is 108 Å². The largest absolute Gasteiger partial charge is 0.330 e. The second kappa shape index (κ2) is 4.39. The van der Waals surface area contributed by atoms with Crippen molar-refractivity contribution in [3.63, 3.8) is 0 Å². The maximum Gasteiger partial charge on any atom is 0.130 e. The number of imidazole rings is 1. The third kappa shape index (κ3) is 1.65. The molecule has 0 spiro atoms. The average Bonchev–Trinajstić information content (AvgIpc) is 2.97. The summed E-state index contributed by atoms with van der Waals surface area (Å²) in [5.41, 5.74) is 2.44. The Morgan fingerprint density at radius 2 is 2.22 bits per heavy atom. The molecule has 1 N–H and O–H groups in total. The van der Waals surface area contributed by atoms with Crippen LogP contribution in [0.4, 0.5) is 0 Å². The van der Waals surface area contributed by atoms with Crippen molar-refractivity contribution in [3.05, 3.63) is 30.1 Å². The quantitative estimate of drug-likeness (QED) is 0.898. The molecule has 0 bridgehead atoms. The number of para-hydroxylation sites is 2. The van der Waals surface area contributed by atoms with Gasteiger partial charge in [0.2, 0.25) is 0 Å². The molecule has 3 nitrogen and oxygen atoms in total. The maximum atomic E-state index is 4.89. The van der Waals surface area contributed by atoms with Gasteiger partial charge in [-0.1, -0.05) is 25.5 Å². The third-order valence-electron chi connectivity index (χ3n) is 4.14. The Bertz CT molecular complexity index is 550. The molecule has 2 heterocycles. The van der Waals surface area contributed by atoms with E-state index in [1.54, 1.807) is 0 Å². The van der Waals surface area contributed by atoms with Crippen molar-refractivity contribution in [3.8, 4) is 0 Å². The van der Waals surface area contributed by atoms with Gasteiger partial charge in [0.25, 0.3) is 0 Å². The number of nitrogens with one attached hydrogen (secondary N) is 1. The number of rotatable bonds is 3. The Balaban J connectivity index is 2.14. The lowest BCUT2D eigenvalue weighted by molar-refractivity contribution is 0.327. The van der Waals surface area contributed by atoms with Crippen LogP contribution in [0.15, 0.2) is 24.3 Å². The van der Waals surface area contributed by atoms with Gasteiger partial charge in [-0.15, -0.1) is 0 Å². The predicted octanol–water partition coefficient (Wildman–Crippen LogP) is 2.95. The molecule has 1 aliphatic heterocycles. The van der Waals surface area contributed by atoms with Crippen LogP contribution in [0.2, 0.25) is 0 Å². The summed E-state index contributed by atoms with van der Waals surface area (Å²) in [7, 11) is 2.14. The smallest absolute Gasteiger partial charge is 0.130 e. The molecule has 1 aromatic carbocycles. The summed E-state index contributed by atoms with van der Waals surface area (Å²) in [5, 5.41) is 3.71.